The molecule has 23 heavy (non-hydrogen) atoms. The number of piperidine rings is 1. The van der Waals surface area contributed by atoms with E-state index < -0.39 is 0 Å². The van der Waals surface area contributed by atoms with Crippen molar-refractivity contribution >= 4 is 24.3 Å². The molecule has 6 nitrogen and oxygen atoms in total. The number of hydrogen-bond acceptors (Lipinski definition) is 3. The maximum absolute atomic E-state index is 12.7. The lowest BCUT2D eigenvalue weighted by Crippen LogP contribution is -2.50. The zero-order valence-electron chi connectivity index (χ0n) is 13.8. The Balaban J connectivity index is 0.00000192. The number of amides is 3. The molecule has 3 saturated heterocycles. The average Bonchev–Trinajstić information content (AvgIpc) is 2.96. The van der Waals surface area contributed by atoms with Crippen molar-refractivity contribution < 1.29 is 9.59 Å². The molecule has 7 heteroatoms. The fourth-order valence-corrected chi connectivity index (χ4v) is 3.79. The molecule has 1 N–H and O–H groups in total. The number of nitrogens with zero attached hydrogens (tertiary/aromatic N) is 3. The summed E-state index contributed by atoms with van der Waals surface area (Å²) in [6.45, 7) is 6.71. The summed E-state index contributed by atoms with van der Waals surface area (Å²) in [5.74, 6) is 0.251. The first-order valence-electron chi connectivity index (χ1n) is 8.79. The van der Waals surface area contributed by atoms with Crippen LogP contribution in [0.25, 0.3) is 0 Å². The van der Waals surface area contributed by atoms with Gasteiger partial charge in [-0.1, -0.05) is 0 Å². The lowest BCUT2D eigenvalue weighted by molar-refractivity contribution is -0.136. The van der Waals surface area contributed by atoms with Crippen LogP contribution in [-0.2, 0) is 4.79 Å². The van der Waals surface area contributed by atoms with E-state index in [0.29, 0.717) is 6.54 Å². The van der Waals surface area contributed by atoms with E-state index in [0.717, 1.165) is 77.9 Å². The van der Waals surface area contributed by atoms with Gasteiger partial charge in [-0.2, -0.15) is 0 Å². The number of urea groups is 1. The minimum atomic E-state index is -0.00148. The quantitative estimate of drug-likeness (QED) is 0.776. The SMILES string of the molecule is Cl.O=C(C1CCCN(C(=O)N2CCCC2)C1)N1CCCNCC1. The minimum absolute atomic E-state index is 0. The van der Waals surface area contributed by atoms with Gasteiger partial charge in [0, 0.05) is 45.8 Å². The van der Waals surface area contributed by atoms with Crippen LogP contribution < -0.4 is 5.32 Å². The first-order valence-corrected chi connectivity index (χ1v) is 8.79. The molecule has 0 aromatic carbocycles. The van der Waals surface area contributed by atoms with Crippen LogP contribution in [0, 0.1) is 5.92 Å². The zero-order valence-corrected chi connectivity index (χ0v) is 14.7. The maximum atomic E-state index is 12.7. The third-order valence-corrected chi connectivity index (χ3v) is 5.07. The van der Waals surface area contributed by atoms with E-state index in [4.69, 9.17) is 0 Å². The first-order chi connectivity index (χ1) is 10.8. The van der Waals surface area contributed by atoms with Crippen molar-refractivity contribution in [3.8, 4) is 0 Å². The molecular weight excluding hydrogens is 316 g/mol. The van der Waals surface area contributed by atoms with Gasteiger partial charge < -0.3 is 20.0 Å². The Morgan fingerprint density at radius 3 is 2.26 bits per heavy atom. The highest BCUT2D eigenvalue weighted by molar-refractivity contribution is 5.85. The van der Waals surface area contributed by atoms with Crippen LogP contribution in [0.3, 0.4) is 0 Å². The summed E-state index contributed by atoms with van der Waals surface area (Å²) in [5, 5.41) is 3.33. The molecule has 3 aliphatic heterocycles. The van der Waals surface area contributed by atoms with E-state index >= 15 is 0 Å². The van der Waals surface area contributed by atoms with E-state index in [1.54, 1.807) is 0 Å². The highest BCUT2D eigenvalue weighted by Gasteiger charge is 2.33. The number of carbonyl (C=O) groups excluding carboxylic acids is 2. The van der Waals surface area contributed by atoms with Crippen molar-refractivity contribution in [2.24, 2.45) is 5.92 Å². The average molecular weight is 345 g/mol. The second-order valence-corrected chi connectivity index (χ2v) is 6.69. The third kappa shape index (κ3) is 4.51. The summed E-state index contributed by atoms with van der Waals surface area (Å²) in [6.07, 6.45) is 5.12. The van der Waals surface area contributed by atoms with Gasteiger partial charge in [0.2, 0.25) is 5.91 Å². The van der Waals surface area contributed by atoms with E-state index in [9.17, 15) is 9.59 Å². The highest BCUT2D eigenvalue weighted by atomic mass is 35.5. The fraction of sp³-hybridized carbons (Fsp3) is 0.875. The second-order valence-electron chi connectivity index (χ2n) is 6.69. The number of likely N-dealkylation sites (tertiary alicyclic amines) is 2. The lowest BCUT2D eigenvalue weighted by Gasteiger charge is -2.36. The van der Waals surface area contributed by atoms with Crippen LogP contribution in [0.4, 0.5) is 4.79 Å². The Hall–Kier alpha value is -1.01. The van der Waals surface area contributed by atoms with Gasteiger partial charge in [-0.05, 0) is 38.6 Å². The van der Waals surface area contributed by atoms with Crippen LogP contribution in [0.5, 0.6) is 0 Å². The van der Waals surface area contributed by atoms with Crippen LogP contribution in [-0.4, -0.2) is 79.0 Å². The fourth-order valence-electron chi connectivity index (χ4n) is 3.79. The molecule has 3 heterocycles. The van der Waals surface area contributed by atoms with Gasteiger partial charge in [0.1, 0.15) is 0 Å². The number of halogens is 1. The van der Waals surface area contributed by atoms with Crippen molar-refractivity contribution in [1.29, 1.82) is 0 Å². The second kappa shape index (κ2) is 8.73. The van der Waals surface area contributed by atoms with E-state index in [1.165, 1.54) is 0 Å². The Labute approximate surface area is 145 Å². The van der Waals surface area contributed by atoms with Gasteiger partial charge in [0.15, 0.2) is 0 Å². The predicted molar refractivity (Wildman–Crippen MR) is 91.8 cm³/mol. The van der Waals surface area contributed by atoms with Gasteiger partial charge in [-0.25, -0.2) is 4.79 Å². The van der Waals surface area contributed by atoms with Gasteiger partial charge in [-0.3, -0.25) is 4.79 Å². The number of hydrogen-bond donors (Lipinski definition) is 1. The molecule has 0 aromatic rings. The number of rotatable bonds is 1. The number of nitrogens with one attached hydrogen (secondary N) is 1. The molecule has 0 spiro atoms. The van der Waals surface area contributed by atoms with Gasteiger partial charge in [0.05, 0.1) is 5.92 Å². The number of carbonyl (C=O) groups is 2. The van der Waals surface area contributed by atoms with Gasteiger partial charge >= 0.3 is 6.03 Å². The summed E-state index contributed by atoms with van der Waals surface area (Å²) in [5.41, 5.74) is 0. The van der Waals surface area contributed by atoms with Crippen molar-refractivity contribution in [1.82, 2.24) is 20.0 Å². The third-order valence-electron chi connectivity index (χ3n) is 5.07. The molecule has 0 saturated carbocycles. The van der Waals surface area contributed by atoms with Crippen molar-refractivity contribution in [3.05, 3.63) is 0 Å². The molecule has 1 unspecified atom stereocenters. The first kappa shape index (κ1) is 18.3. The summed E-state index contributed by atoms with van der Waals surface area (Å²) >= 11 is 0. The Morgan fingerprint density at radius 2 is 1.48 bits per heavy atom. The largest absolute Gasteiger partial charge is 0.341 e. The van der Waals surface area contributed by atoms with Crippen LogP contribution >= 0.6 is 12.4 Å². The zero-order chi connectivity index (χ0) is 15.4. The van der Waals surface area contributed by atoms with Gasteiger partial charge in [-0.15, -0.1) is 12.4 Å². The normalized spacial score (nSPS) is 25.7. The molecule has 3 rings (SSSR count). The molecule has 0 bridgehead atoms. The Kier molecular flexibility index (Phi) is 6.96. The Morgan fingerprint density at radius 1 is 0.783 bits per heavy atom. The highest BCUT2D eigenvalue weighted by Crippen LogP contribution is 2.21. The molecule has 0 radical (unpaired) electrons. The molecular formula is C16H29ClN4O2. The topological polar surface area (TPSA) is 55.9 Å². The van der Waals surface area contributed by atoms with Crippen molar-refractivity contribution in [2.75, 3.05) is 52.4 Å². The minimum Gasteiger partial charge on any atom is -0.341 e. The van der Waals surface area contributed by atoms with Crippen molar-refractivity contribution in [3.63, 3.8) is 0 Å². The summed E-state index contributed by atoms with van der Waals surface area (Å²) < 4.78 is 0. The van der Waals surface area contributed by atoms with Crippen LogP contribution in [0.2, 0.25) is 0 Å². The molecule has 3 fully saturated rings. The van der Waals surface area contributed by atoms with Crippen LogP contribution in [0.1, 0.15) is 32.1 Å². The molecule has 1 atom stereocenters. The van der Waals surface area contributed by atoms with Gasteiger partial charge in [0.25, 0.3) is 0 Å². The van der Waals surface area contributed by atoms with Crippen molar-refractivity contribution in [2.45, 2.75) is 32.1 Å². The lowest BCUT2D eigenvalue weighted by atomic mass is 9.96. The maximum Gasteiger partial charge on any atom is 0.320 e. The summed E-state index contributed by atoms with van der Waals surface area (Å²) in [4.78, 5) is 31.1. The van der Waals surface area contributed by atoms with E-state index in [2.05, 4.69) is 5.32 Å². The molecule has 3 aliphatic rings. The monoisotopic (exact) mass is 344 g/mol. The predicted octanol–water partition coefficient (Wildman–Crippen LogP) is 1.16. The van der Waals surface area contributed by atoms with E-state index in [-0.39, 0.29) is 30.3 Å². The van der Waals surface area contributed by atoms with E-state index in [1.807, 2.05) is 14.7 Å². The summed E-state index contributed by atoms with van der Waals surface area (Å²) in [6, 6.07) is 0.146. The standard InChI is InChI=1S/C16H28N4O2.ClH/c21-15(18-11-4-6-17-7-12-18)14-5-3-10-20(13-14)16(22)19-8-1-2-9-19;/h14,17H,1-13H2;1H. The van der Waals surface area contributed by atoms with Crippen LogP contribution in [0.15, 0.2) is 0 Å². The Bertz CT molecular complexity index is 407. The summed E-state index contributed by atoms with van der Waals surface area (Å²) in [7, 11) is 0. The molecule has 0 aliphatic carbocycles. The molecule has 132 valence electrons. The smallest absolute Gasteiger partial charge is 0.320 e. The molecule has 0 aromatic heterocycles. The molecule has 3 amide bonds.